The van der Waals surface area contributed by atoms with Gasteiger partial charge in [0.2, 0.25) is 0 Å². The number of Topliss-reactive ketones (excluding diaryl/α,β-unsaturated/α-hetero) is 1. The molecule has 0 aromatic carbocycles. The largest absolute Gasteiger partial charge is 0.438 e. The van der Waals surface area contributed by atoms with E-state index in [2.05, 4.69) is 0 Å². The predicted octanol–water partition coefficient (Wildman–Crippen LogP) is 19.1. The van der Waals surface area contributed by atoms with E-state index in [0.29, 0.717) is 29.3 Å². The lowest BCUT2D eigenvalue weighted by Crippen LogP contribution is -2.55. The topological polar surface area (TPSA) is 159 Å². The molecule has 14 rings (SSSR count). The second kappa shape index (κ2) is 35.4. The molecule has 8 atom stereocenters. The van der Waals surface area contributed by atoms with Crippen molar-refractivity contribution in [1.82, 2.24) is 0 Å². The summed E-state index contributed by atoms with van der Waals surface area (Å²) in [5, 5.41) is 0. The smallest absolute Gasteiger partial charge is 0.313 e. The van der Waals surface area contributed by atoms with Crippen LogP contribution in [0.25, 0.3) is 0 Å². The van der Waals surface area contributed by atoms with Crippen molar-refractivity contribution in [2.24, 2.45) is 104 Å². The fraction of sp³-hybridized carbons (Fsp3) is 0.932. The first kappa shape index (κ1) is 84.4. The van der Waals surface area contributed by atoms with E-state index < -0.39 is 21.7 Å². The first-order valence-electron chi connectivity index (χ1n) is 32.0. The Morgan fingerprint density at radius 2 is 0.747 bits per heavy atom. The zero-order chi connectivity index (χ0) is 57.1. The van der Waals surface area contributed by atoms with Gasteiger partial charge in [-0.15, -0.1) is 0 Å². The Bertz CT molecular complexity index is 2010. The molecule has 14 aliphatic carbocycles. The summed E-state index contributed by atoms with van der Waals surface area (Å²) in [6.45, 7) is 24.5. The minimum atomic E-state index is -0.469. The summed E-state index contributed by atoms with van der Waals surface area (Å²) in [5.74, 6) is 9.09. The number of ether oxygens (including phenoxy) is 8. The minimum Gasteiger partial charge on any atom is -0.438 e. The Morgan fingerprint density at radius 1 is 0.391 bits per heavy atom. The molecule has 0 aromatic heterocycles. The normalized spacial score (nSPS) is 33.4. The summed E-state index contributed by atoms with van der Waals surface area (Å²) in [4.78, 5) is 59.8. The third-order valence-corrected chi connectivity index (χ3v) is 22.8. The molecule has 8 unspecified atom stereocenters. The second-order valence-electron chi connectivity index (χ2n) is 30.3. The van der Waals surface area contributed by atoms with Crippen LogP contribution < -0.4 is 0 Å². The van der Waals surface area contributed by atoms with Gasteiger partial charge in [-0.1, -0.05) is 87.1 Å². The number of esters is 4. The number of hydrogen-bond acceptors (Lipinski definition) is 13. The lowest BCUT2D eigenvalue weighted by Gasteiger charge is -2.56. The van der Waals surface area contributed by atoms with Gasteiger partial charge in [0, 0.05) is 11.8 Å². The fourth-order valence-electron chi connectivity index (χ4n) is 17.1. The maximum absolute atomic E-state index is 12.3. The lowest BCUT2D eigenvalue weighted by atomic mass is 9.50. The Morgan fingerprint density at radius 3 is 1.14 bits per heavy atom. The van der Waals surface area contributed by atoms with Gasteiger partial charge in [0.05, 0.1) is 46.6 Å². The van der Waals surface area contributed by atoms with E-state index >= 15 is 0 Å². The molecule has 14 aliphatic rings. The van der Waals surface area contributed by atoms with E-state index in [4.69, 9.17) is 37.9 Å². The van der Waals surface area contributed by atoms with Gasteiger partial charge in [0.1, 0.15) is 5.78 Å². The van der Waals surface area contributed by atoms with E-state index in [1.807, 2.05) is 83.1 Å². The van der Waals surface area contributed by atoms with Crippen LogP contribution in [0.2, 0.25) is 0 Å². The van der Waals surface area contributed by atoms with Crippen LogP contribution in [0.4, 0.5) is 0 Å². The molecule has 0 aliphatic heterocycles. The Labute approximate surface area is 535 Å². The highest BCUT2D eigenvalue weighted by atomic mass is 16.7. The Kier molecular flexibility index (Phi) is 34.4. The molecular formula is C74H140O13. The molecule has 87 heavy (non-hydrogen) atoms. The molecule has 13 heteroatoms. The van der Waals surface area contributed by atoms with Crippen molar-refractivity contribution >= 4 is 29.7 Å². The fourth-order valence-corrected chi connectivity index (χ4v) is 17.1. The summed E-state index contributed by atoms with van der Waals surface area (Å²) in [5.41, 5.74) is -1.25. The van der Waals surface area contributed by atoms with Crippen molar-refractivity contribution in [3.63, 3.8) is 0 Å². The molecule has 0 N–H and O–H groups in total. The van der Waals surface area contributed by atoms with Crippen LogP contribution in [0.15, 0.2) is 0 Å². The summed E-state index contributed by atoms with van der Waals surface area (Å²) in [6.07, 6.45) is 28.4. The molecule has 14 saturated carbocycles. The van der Waals surface area contributed by atoms with Gasteiger partial charge in [-0.3, -0.25) is 24.0 Å². The zero-order valence-corrected chi connectivity index (χ0v) is 51.3. The molecule has 0 saturated heterocycles. The average Bonchev–Trinajstić information content (AvgIpc) is 2.09. The quantitative estimate of drug-likeness (QED) is 0.0463. The van der Waals surface area contributed by atoms with Gasteiger partial charge >= 0.3 is 23.9 Å². The van der Waals surface area contributed by atoms with E-state index in [1.54, 1.807) is 0 Å². The van der Waals surface area contributed by atoms with Crippen molar-refractivity contribution in [1.29, 1.82) is 0 Å². The van der Waals surface area contributed by atoms with E-state index in [-0.39, 0.29) is 128 Å². The van der Waals surface area contributed by atoms with Gasteiger partial charge in [-0.25, -0.2) is 0 Å². The molecule has 14 bridgehead atoms. The van der Waals surface area contributed by atoms with Crippen LogP contribution in [0.3, 0.4) is 0 Å². The van der Waals surface area contributed by atoms with Gasteiger partial charge in [0.15, 0.2) is 27.2 Å². The molecule has 13 nitrogen and oxygen atoms in total. The van der Waals surface area contributed by atoms with Crippen molar-refractivity contribution in [3.05, 3.63) is 0 Å². The number of fused-ring (bicyclic) bond motifs is 2. The number of ketones is 1. The number of hydrogen-bond donors (Lipinski definition) is 0. The van der Waals surface area contributed by atoms with E-state index in [0.717, 1.165) is 111 Å². The highest BCUT2D eigenvalue weighted by Gasteiger charge is 2.55. The maximum atomic E-state index is 12.3. The average molecular weight is 1240 g/mol. The van der Waals surface area contributed by atoms with Crippen molar-refractivity contribution in [3.8, 4) is 0 Å². The highest BCUT2D eigenvalue weighted by molar-refractivity contribution is 5.86. The number of carbonyl (C=O) groups excluding carboxylic acids is 5. The highest BCUT2D eigenvalue weighted by Crippen LogP contribution is 2.60. The van der Waals surface area contributed by atoms with Crippen LogP contribution in [0, 0.1) is 104 Å². The lowest BCUT2D eigenvalue weighted by molar-refractivity contribution is -0.194. The van der Waals surface area contributed by atoms with Crippen LogP contribution in [0.1, 0.15) is 290 Å². The molecule has 0 amide bonds. The molecule has 14 fully saturated rings. The summed E-state index contributed by atoms with van der Waals surface area (Å²) < 4.78 is 44.4. The monoisotopic (exact) mass is 1240 g/mol. The SMILES string of the molecule is C.C.C.C.C.C.C.C.CCC(C)(C)C(=O)OCOC1C2CC3CC(C2)C(=O)C1C3.CCC(C)(C)C(=O)OCOC1C2CC3CC(C2)CC1C3.CCC(C)(C)C(=O)OCOC1CC2CCC1C2.CCC(C)(C)C(=O)OCOCC12CC3CC(CC(C3)C1)C2. The predicted molar refractivity (Wildman–Crippen MR) is 355 cm³/mol. The van der Waals surface area contributed by atoms with E-state index in [1.165, 1.54) is 103 Å². The first-order chi connectivity index (χ1) is 37.4. The van der Waals surface area contributed by atoms with Crippen LogP contribution in [0.5, 0.6) is 0 Å². The molecule has 514 valence electrons. The Balaban J connectivity index is 0.00000110. The molecular weight excluding hydrogens is 1100 g/mol. The standard InChI is InChI=1S/C18H30O3.C17H26O4.C17H28O3.C14H24O3.8CH4/c1-4-17(2,3)16(19)21-12-20-11-18-8-13-5-14(9-18)7-15(6-13)10-18;1-4-17(2,3)16(19)21-9-20-15-12-6-10-5-11(8-12)14(18)13(15)7-10;1-4-17(2,3)16(18)20-10-19-15-13-6-11-5-12(8-13)9-14(15)7-11;1-4-14(2,3)13(15)17-9-16-12-8-10-5-6-11(12)7-10;;;;;;;;/h13-15H,4-12H2,1-3H3;10-13,15H,4-9H2,1-3H3;11-15H,4-10H2,1-3H3;10-12H,4-9H2,1-3H3;8*1H4. The molecule has 0 radical (unpaired) electrons. The van der Waals surface area contributed by atoms with Gasteiger partial charge < -0.3 is 37.9 Å². The van der Waals surface area contributed by atoms with Crippen molar-refractivity contribution < 1.29 is 61.9 Å². The molecule has 0 heterocycles. The van der Waals surface area contributed by atoms with Crippen LogP contribution >= 0.6 is 0 Å². The van der Waals surface area contributed by atoms with Crippen LogP contribution in [-0.2, 0) is 61.9 Å². The van der Waals surface area contributed by atoms with Crippen LogP contribution in [-0.4, -0.2) is 81.8 Å². The van der Waals surface area contributed by atoms with Crippen molar-refractivity contribution in [2.75, 3.05) is 33.8 Å². The van der Waals surface area contributed by atoms with E-state index in [9.17, 15) is 24.0 Å². The third-order valence-electron chi connectivity index (χ3n) is 22.8. The zero-order valence-electron chi connectivity index (χ0n) is 51.3. The summed E-state index contributed by atoms with van der Waals surface area (Å²) in [7, 11) is 0. The van der Waals surface area contributed by atoms with Gasteiger partial charge in [-0.2, -0.15) is 0 Å². The Hall–Kier alpha value is -2.61. The maximum Gasteiger partial charge on any atom is 0.313 e. The first-order valence-corrected chi connectivity index (χ1v) is 32.0. The molecule has 0 aromatic rings. The molecule has 0 spiro atoms. The minimum absolute atomic E-state index is 0. The number of carbonyl (C=O) groups is 5. The summed E-state index contributed by atoms with van der Waals surface area (Å²) in [6, 6.07) is 0. The third kappa shape index (κ3) is 20.7. The van der Waals surface area contributed by atoms with Crippen molar-refractivity contribution in [2.45, 2.75) is 308 Å². The van der Waals surface area contributed by atoms with Gasteiger partial charge in [0.25, 0.3) is 0 Å². The summed E-state index contributed by atoms with van der Waals surface area (Å²) >= 11 is 0. The van der Waals surface area contributed by atoms with Gasteiger partial charge in [-0.05, 0) is 274 Å². The second-order valence-corrected chi connectivity index (χ2v) is 30.3. The number of rotatable bonds is 21.